The van der Waals surface area contributed by atoms with Gasteiger partial charge in [0.15, 0.2) is 0 Å². The van der Waals surface area contributed by atoms with Gasteiger partial charge < -0.3 is 14.6 Å². The second kappa shape index (κ2) is 7.78. The van der Waals surface area contributed by atoms with Crippen LogP contribution < -0.4 is 4.74 Å². The number of fused-ring (bicyclic) bond motifs is 1. The molecule has 4 rings (SSSR count). The van der Waals surface area contributed by atoms with Crippen LogP contribution in [-0.2, 0) is 0 Å². The van der Waals surface area contributed by atoms with E-state index in [1.54, 1.807) is 0 Å². The van der Waals surface area contributed by atoms with Crippen LogP contribution in [0.15, 0.2) is 46.9 Å². The molecule has 0 saturated carbocycles. The number of hydrogen-bond acceptors (Lipinski definition) is 4. The number of nitrogens with one attached hydrogen (secondary N) is 1. The van der Waals surface area contributed by atoms with Crippen molar-refractivity contribution in [3.05, 3.63) is 46.9 Å². The lowest BCUT2D eigenvalue weighted by Gasteiger charge is -2.32. The molecule has 0 radical (unpaired) electrons. The second-order valence-corrected chi connectivity index (χ2v) is 7.65. The monoisotopic (exact) mass is 414 g/mol. The van der Waals surface area contributed by atoms with E-state index in [0.717, 1.165) is 65.4 Å². The van der Waals surface area contributed by atoms with E-state index in [2.05, 4.69) is 43.8 Å². The first kappa shape index (κ1) is 17.5. The Balaban J connectivity index is 1.49. The quantitative estimate of drug-likeness (QED) is 0.692. The summed E-state index contributed by atoms with van der Waals surface area (Å²) in [6.45, 7) is 6.10. The van der Waals surface area contributed by atoms with Crippen molar-refractivity contribution < 1.29 is 4.74 Å². The molecule has 1 fully saturated rings. The molecule has 2 heterocycles. The van der Waals surface area contributed by atoms with Crippen molar-refractivity contribution in [2.24, 2.45) is 0 Å². The molecule has 1 aromatic heterocycles. The van der Waals surface area contributed by atoms with E-state index in [0.29, 0.717) is 6.61 Å². The molecular weight excluding hydrogens is 392 g/mol. The van der Waals surface area contributed by atoms with Gasteiger partial charge >= 0.3 is 0 Å². The Hall–Kier alpha value is -1.89. The molecule has 3 aromatic rings. The Morgan fingerprint density at radius 3 is 2.73 bits per heavy atom. The number of aromatic nitrogens is 2. The number of rotatable bonds is 5. The average Bonchev–Trinajstić information content (AvgIpc) is 3.08. The zero-order valence-corrected chi connectivity index (χ0v) is 16.5. The van der Waals surface area contributed by atoms with Crippen LogP contribution in [0.4, 0.5) is 0 Å². The van der Waals surface area contributed by atoms with Gasteiger partial charge in [0.25, 0.3) is 0 Å². The molecule has 0 atom stereocenters. The summed E-state index contributed by atoms with van der Waals surface area (Å²) in [5.41, 5.74) is 2.98. The van der Waals surface area contributed by atoms with Gasteiger partial charge in [-0.25, -0.2) is 4.98 Å². The van der Waals surface area contributed by atoms with E-state index in [9.17, 15) is 0 Å². The highest BCUT2D eigenvalue weighted by Crippen LogP contribution is 2.32. The minimum atomic E-state index is 0.679. The predicted octanol–water partition coefficient (Wildman–Crippen LogP) is 3.62. The van der Waals surface area contributed by atoms with Gasteiger partial charge in [-0.15, -0.1) is 0 Å². The Morgan fingerprint density at radius 2 is 1.92 bits per heavy atom. The molecule has 0 amide bonds. The topological polar surface area (TPSA) is 44.4 Å². The van der Waals surface area contributed by atoms with Gasteiger partial charge in [-0.1, -0.05) is 28.1 Å². The maximum atomic E-state index is 6.14. The minimum absolute atomic E-state index is 0.679. The van der Waals surface area contributed by atoms with Crippen molar-refractivity contribution in [3.8, 4) is 17.1 Å². The van der Waals surface area contributed by atoms with Crippen LogP contribution in [-0.4, -0.2) is 66.1 Å². The van der Waals surface area contributed by atoms with E-state index in [-0.39, 0.29) is 0 Å². The van der Waals surface area contributed by atoms with Gasteiger partial charge in [-0.2, -0.15) is 0 Å². The van der Waals surface area contributed by atoms with Crippen molar-refractivity contribution in [2.75, 3.05) is 46.4 Å². The molecule has 0 bridgehead atoms. The third-order valence-corrected chi connectivity index (χ3v) is 5.34. The lowest BCUT2D eigenvalue weighted by atomic mass is 10.2. The van der Waals surface area contributed by atoms with Gasteiger partial charge in [0.2, 0.25) is 0 Å². The van der Waals surface area contributed by atoms with E-state index < -0.39 is 0 Å². The highest BCUT2D eigenvalue weighted by Gasteiger charge is 2.15. The summed E-state index contributed by atoms with van der Waals surface area (Å²) >= 11 is 3.56. The maximum absolute atomic E-state index is 6.14. The third-order valence-electron chi connectivity index (χ3n) is 4.85. The molecule has 0 aliphatic carbocycles. The van der Waals surface area contributed by atoms with Crippen molar-refractivity contribution in [3.63, 3.8) is 0 Å². The zero-order chi connectivity index (χ0) is 17.9. The molecule has 1 aliphatic heterocycles. The number of piperazine rings is 1. The first-order valence-corrected chi connectivity index (χ1v) is 9.77. The third kappa shape index (κ3) is 3.92. The van der Waals surface area contributed by atoms with Crippen LogP contribution in [0.1, 0.15) is 0 Å². The number of hydrogen-bond donors (Lipinski definition) is 1. The summed E-state index contributed by atoms with van der Waals surface area (Å²) in [7, 11) is 2.18. The first-order valence-electron chi connectivity index (χ1n) is 8.97. The predicted molar refractivity (Wildman–Crippen MR) is 109 cm³/mol. The SMILES string of the molecule is CN1CCN(CCOc2ccc(Br)cc2-c2nc3ccccc3[nH]2)CC1. The fourth-order valence-corrected chi connectivity index (χ4v) is 3.61. The lowest BCUT2D eigenvalue weighted by molar-refractivity contribution is 0.134. The molecule has 136 valence electrons. The Morgan fingerprint density at radius 1 is 1.12 bits per heavy atom. The second-order valence-electron chi connectivity index (χ2n) is 6.74. The van der Waals surface area contributed by atoms with Gasteiger partial charge in [0.1, 0.15) is 18.2 Å². The molecule has 26 heavy (non-hydrogen) atoms. The summed E-state index contributed by atoms with van der Waals surface area (Å²) in [6, 6.07) is 14.1. The summed E-state index contributed by atoms with van der Waals surface area (Å²) in [6.07, 6.45) is 0. The molecule has 0 unspecified atom stereocenters. The summed E-state index contributed by atoms with van der Waals surface area (Å²) < 4.78 is 7.15. The average molecular weight is 415 g/mol. The van der Waals surface area contributed by atoms with E-state index >= 15 is 0 Å². The molecule has 5 nitrogen and oxygen atoms in total. The summed E-state index contributed by atoms with van der Waals surface area (Å²) in [5.74, 6) is 1.70. The van der Waals surface area contributed by atoms with Gasteiger partial charge in [0, 0.05) is 37.2 Å². The number of nitrogens with zero attached hydrogens (tertiary/aromatic N) is 3. The van der Waals surface area contributed by atoms with E-state index in [1.165, 1.54) is 0 Å². The molecule has 2 aromatic carbocycles. The summed E-state index contributed by atoms with van der Waals surface area (Å²) in [4.78, 5) is 12.9. The number of aromatic amines is 1. The lowest BCUT2D eigenvalue weighted by Crippen LogP contribution is -2.45. The largest absolute Gasteiger partial charge is 0.491 e. The standard InChI is InChI=1S/C20H23BrN4O/c1-24-8-10-25(11-9-24)12-13-26-19-7-6-15(21)14-16(19)20-22-17-4-2-3-5-18(17)23-20/h2-7,14H,8-13H2,1H3,(H,22,23). The smallest absolute Gasteiger partial charge is 0.142 e. The Labute approximate surface area is 162 Å². The van der Waals surface area contributed by atoms with Crippen molar-refractivity contribution >= 4 is 27.0 Å². The van der Waals surface area contributed by atoms with Gasteiger partial charge in [0.05, 0.1) is 16.6 Å². The van der Waals surface area contributed by atoms with E-state index in [1.807, 2.05) is 36.4 Å². The summed E-state index contributed by atoms with van der Waals surface area (Å²) in [5, 5.41) is 0. The fourth-order valence-electron chi connectivity index (χ4n) is 3.25. The van der Waals surface area contributed by atoms with Gasteiger partial charge in [-0.05, 0) is 37.4 Å². The van der Waals surface area contributed by atoms with E-state index in [4.69, 9.17) is 9.72 Å². The number of likely N-dealkylation sites (N-methyl/N-ethyl adjacent to an activating group) is 1. The zero-order valence-electron chi connectivity index (χ0n) is 14.9. The minimum Gasteiger partial charge on any atom is -0.491 e. The Bertz CT molecular complexity index is 853. The number of para-hydroxylation sites is 2. The molecule has 0 spiro atoms. The number of imidazole rings is 1. The van der Waals surface area contributed by atoms with Crippen LogP contribution in [0.2, 0.25) is 0 Å². The first-order chi connectivity index (χ1) is 12.7. The number of benzene rings is 2. The number of ether oxygens (including phenoxy) is 1. The van der Waals surface area contributed by atoms with Crippen LogP contribution >= 0.6 is 15.9 Å². The number of halogens is 1. The van der Waals surface area contributed by atoms with Crippen molar-refractivity contribution in [2.45, 2.75) is 0 Å². The maximum Gasteiger partial charge on any atom is 0.142 e. The molecule has 1 aliphatic rings. The van der Waals surface area contributed by atoms with Crippen LogP contribution in [0.25, 0.3) is 22.4 Å². The molecule has 1 N–H and O–H groups in total. The molecular formula is C20H23BrN4O. The van der Waals surface area contributed by atoms with Gasteiger partial charge in [-0.3, -0.25) is 4.90 Å². The normalized spacial score (nSPS) is 16.2. The molecule has 1 saturated heterocycles. The number of H-pyrrole nitrogens is 1. The van der Waals surface area contributed by atoms with Crippen LogP contribution in [0.5, 0.6) is 5.75 Å². The fraction of sp³-hybridized carbons (Fsp3) is 0.350. The van der Waals surface area contributed by atoms with Crippen molar-refractivity contribution in [1.82, 2.24) is 19.8 Å². The van der Waals surface area contributed by atoms with Crippen LogP contribution in [0.3, 0.4) is 0 Å². The van der Waals surface area contributed by atoms with Crippen molar-refractivity contribution in [1.29, 1.82) is 0 Å². The van der Waals surface area contributed by atoms with Crippen LogP contribution in [0, 0.1) is 0 Å². The Kier molecular flexibility index (Phi) is 5.24. The highest BCUT2D eigenvalue weighted by molar-refractivity contribution is 9.10. The molecule has 6 heteroatoms. The highest BCUT2D eigenvalue weighted by atomic mass is 79.9.